The Morgan fingerprint density at radius 3 is 2.53 bits per heavy atom. The average Bonchev–Trinajstić information content (AvgIpc) is 2.40. The second kappa shape index (κ2) is 6.26. The number of ether oxygens (including phenoxy) is 1. The number of rotatable bonds is 4. The predicted octanol–water partition coefficient (Wildman–Crippen LogP) is 2.21. The molecule has 1 aromatic carbocycles. The zero-order valence-electron chi connectivity index (χ0n) is 10.2. The first-order chi connectivity index (χ1) is 8.35. The van der Waals surface area contributed by atoms with Gasteiger partial charge < -0.3 is 9.64 Å². The summed E-state index contributed by atoms with van der Waals surface area (Å²) < 4.78 is 5.41. The number of benzene rings is 1. The van der Waals surface area contributed by atoms with Gasteiger partial charge in [0.25, 0.3) is 0 Å². The van der Waals surface area contributed by atoms with Crippen LogP contribution in [0.15, 0.2) is 24.3 Å². The van der Waals surface area contributed by atoms with Crippen molar-refractivity contribution in [1.82, 2.24) is 4.90 Å². The number of hydrogen-bond acceptors (Lipinski definition) is 3. The van der Waals surface area contributed by atoms with Crippen molar-refractivity contribution in [3.05, 3.63) is 24.3 Å². The minimum absolute atomic E-state index is 0.974. The molecule has 0 bridgehead atoms. The summed E-state index contributed by atoms with van der Waals surface area (Å²) >= 11 is 3.49. The lowest BCUT2D eigenvalue weighted by atomic mass is 10.2. The fraction of sp³-hybridized carbons (Fsp3) is 0.538. The molecule has 2 rings (SSSR count). The molecule has 0 aromatic heterocycles. The number of piperazine rings is 1. The molecule has 0 saturated carbocycles. The zero-order chi connectivity index (χ0) is 12.1. The number of para-hydroxylation sites is 2. The molecule has 1 aromatic rings. The highest BCUT2D eigenvalue weighted by molar-refractivity contribution is 9.09. The Bertz CT molecular complexity index is 351. The van der Waals surface area contributed by atoms with Gasteiger partial charge in [-0.05, 0) is 12.1 Å². The lowest BCUT2D eigenvalue weighted by molar-refractivity contribution is 0.273. The molecule has 1 aliphatic rings. The van der Waals surface area contributed by atoms with Gasteiger partial charge in [-0.15, -0.1) is 0 Å². The molecule has 0 aliphatic carbocycles. The van der Waals surface area contributed by atoms with E-state index in [9.17, 15) is 0 Å². The van der Waals surface area contributed by atoms with Crippen LogP contribution in [0.25, 0.3) is 0 Å². The number of anilines is 1. The van der Waals surface area contributed by atoms with Crippen LogP contribution in [0.4, 0.5) is 5.69 Å². The lowest BCUT2D eigenvalue weighted by Crippen LogP contribution is -2.47. The normalized spacial score (nSPS) is 17.2. The highest BCUT2D eigenvalue weighted by atomic mass is 79.9. The molecule has 0 amide bonds. The first kappa shape index (κ1) is 12.7. The first-order valence-corrected chi connectivity index (χ1v) is 7.13. The van der Waals surface area contributed by atoms with E-state index in [1.165, 1.54) is 5.69 Å². The minimum Gasteiger partial charge on any atom is -0.495 e. The Labute approximate surface area is 111 Å². The standard InChI is InChI=1S/C13H19BrN2O/c1-17-13-5-3-2-4-12(13)16-10-8-15(7-6-14)9-11-16/h2-5H,6-11H2,1H3. The second-order valence-electron chi connectivity index (χ2n) is 4.19. The molecule has 94 valence electrons. The third-order valence-electron chi connectivity index (χ3n) is 3.20. The van der Waals surface area contributed by atoms with Crippen LogP contribution in [0, 0.1) is 0 Å². The Morgan fingerprint density at radius 2 is 1.88 bits per heavy atom. The summed E-state index contributed by atoms with van der Waals surface area (Å²) in [7, 11) is 1.74. The van der Waals surface area contributed by atoms with Crippen molar-refractivity contribution < 1.29 is 4.74 Å². The molecule has 0 spiro atoms. The number of hydrogen-bond donors (Lipinski definition) is 0. The first-order valence-electron chi connectivity index (χ1n) is 6.01. The maximum atomic E-state index is 5.41. The van der Waals surface area contributed by atoms with Crippen molar-refractivity contribution in [2.24, 2.45) is 0 Å². The highest BCUT2D eigenvalue weighted by Crippen LogP contribution is 2.28. The third-order valence-corrected chi connectivity index (χ3v) is 3.55. The van der Waals surface area contributed by atoms with Gasteiger partial charge >= 0.3 is 0 Å². The van der Waals surface area contributed by atoms with Gasteiger partial charge in [0.1, 0.15) is 5.75 Å². The highest BCUT2D eigenvalue weighted by Gasteiger charge is 2.18. The lowest BCUT2D eigenvalue weighted by Gasteiger charge is -2.36. The summed E-state index contributed by atoms with van der Waals surface area (Å²) in [5, 5.41) is 1.06. The van der Waals surface area contributed by atoms with Crippen LogP contribution in [0.2, 0.25) is 0 Å². The summed E-state index contributed by atoms with van der Waals surface area (Å²) in [6, 6.07) is 8.26. The van der Waals surface area contributed by atoms with Crippen LogP contribution in [0.3, 0.4) is 0 Å². The van der Waals surface area contributed by atoms with Gasteiger partial charge in [-0.2, -0.15) is 0 Å². The van der Waals surface area contributed by atoms with E-state index in [4.69, 9.17) is 4.74 Å². The number of halogens is 1. The second-order valence-corrected chi connectivity index (χ2v) is 4.98. The summed E-state index contributed by atoms with van der Waals surface area (Å²) in [4.78, 5) is 4.89. The van der Waals surface area contributed by atoms with E-state index >= 15 is 0 Å². The molecule has 0 atom stereocenters. The Balaban J connectivity index is 2.00. The van der Waals surface area contributed by atoms with Crippen molar-refractivity contribution in [3.63, 3.8) is 0 Å². The van der Waals surface area contributed by atoms with Crippen molar-refractivity contribution in [2.45, 2.75) is 0 Å². The molecule has 1 aliphatic heterocycles. The van der Waals surface area contributed by atoms with Crippen LogP contribution in [0.1, 0.15) is 0 Å². The fourth-order valence-electron chi connectivity index (χ4n) is 2.22. The quantitative estimate of drug-likeness (QED) is 0.793. The van der Waals surface area contributed by atoms with E-state index in [-0.39, 0.29) is 0 Å². The smallest absolute Gasteiger partial charge is 0.142 e. The van der Waals surface area contributed by atoms with Gasteiger partial charge in [-0.25, -0.2) is 0 Å². The van der Waals surface area contributed by atoms with Gasteiger partial charge in [-0.1, -0.05) is 28.1 Å². The van der Waals surface area contributed by atoms with Gasteiger partial charge in [0, 0.05) is 38.1 Å². The third kappa shape index (κ3) is 3.13. The molecular formula is C13H19BrN2O. The monoisotopic (exact) mass is 298 g/mol. The number of nitrogens with zero attached hydrogens (tertiary/aromatic N) is 2. The van der Waals surface area contributed by atoms with Crippen molar-refractivity contribution in [2.75, 3.05) is 50.1 Å². The van der Waals surface area contributed by atoms with E-state index < -0.39 is 0 Å². The van der Waals surface area contributed by atoms with Crippen LogP contribution in [0.5, 0.6) is 5.75 Å². The molecule has 0 unspecified atom stereocenters. The fourth-order valence-corrected chi connectivity index (χ4v) is 2.72. The average molecular weight is 299 g/mol. The van der Waals surface area contributed by atoms with Crippen LogP contribution < -0.4 is 9.64 Å². The topological polar surface area (TPSA) is 15.7 Å². The molecule has 17 heavy (non-hydrogen) atoms. The minimum atomic E-state index is 0.974. The molecular weight excluding hydrogens is 280 g/mol. The van der Waals surface area contributed by atoms with Crippen LogP contribution in [-0.4, -0.2) is 50.1 Å². The SMILES string of the molecule is COc1ccccc1N1CCN(CCBr)CC1. The van der Waals surface area contributed by atoms with Crippen LogP contribution >= 0.6 is 15.9 Å². The van der Waals surface area contributed by atoms with E-state index in [2.05, 4.69) is 37.9 Å². The summed E-state index contributed by atoms with van der Waals surface area (Å²) in [6.07, 6.45) is 0. The predicted molar refractivity (Wildman–Crippen MR) is 75.4 cm³/mol. The maximum absolute atomic E-state index is 5.41. The van der Waals surface area contributed by atoms with E-state index in [0.717, 1.165) is 43.8 Å². The van der Waals surface area contributed by atoms with Crippen molar-refractivity contribution in [3.8, 4) is 5.75 Å². The molecule has 0 radical (unpaired) electrons. The number of methoxy groups -OCH3 is 1. The largest absolute Gasteiger partial charge is 0.495 e. The molecule has 0 N–H and O–H groups in total. The number of alkyl halides is 1. The van der Waals surface area contributed by atoms with E-state index in [1.54, 1.807) is 7.11 Å². The van der Waals surface area contributed by atoms with Gasteiger partial charge in [0.2, 0.25) is 0 Å². The molecule has 1 fully saturated rings. The Morgan fingerprint density at radius 1 is 1.18 bits per heavy atom. The maximum Gasteiger partial charge on any atom is 0.142 e. The Kier molecular flexibility index (Phi) is 4.68. The van der Waals surface area contributed by atoms with Gasteiger partial charge in [-0.3, -0.25) is 4.90 Å². The van der Waals surface area contributed by atoms with Gasteiger partial charge in [0.05, 0.1) is 12.8 Å². The van der Waals surface area contributed by atoms with Crippen molar-refractivity contribution >= 4 is 21.6 Å². The molecule has 1 heterocycles. The van der Waals surface area contributed by atoms with Gasteiger partial charge in [0.15, 0.2) is 0 Å². The molecule has 4 heteroatoms. The summed E-state index contributed by atoms with van der Waals surface area (Å²) in [5.74, 6) is 0.974. The van der Waals surface area contributed by atoms with Crippen LogP contribution in [-0.2, 0) is 0 Å². The summed E-state index contributed by atoms with van der Waals surface area (Å²) in [5.41, 5.74) is 1.22. The van der Waals surface area contributed by atoms with E-state index in [0.29, 0.717) is 0 Å². The van der Waals surface area contributed by atoms with Crippen molar-refractivity contribution in [1.29, 1.82) is 0 Å². The summed E-state index contributed by atoms with van der Waals surface area (Å²) in [6.45, 7) is 5.55. The zero-order valence-corrected chi connectivity index (χ0v) is 11.8. The molecule has 1 saturated heterocycles. The molecule has 3 nitrogen and oxygen atoms in total. The Hall–Kier alpha value is -0.740. The van der Waals surface area contributed by atoms with E-state index in [1.807, 2.05) is 12.1 Å².